The predicted molar refractivity (Wildman–Crippen MR) is 109 cm³/mol. The van der Waals surface area contributed by atoms with Crippen molar-refractivity contribution in [2.24, 2.45) is 0 Å². The molecule has 2 aromatic carbocycles. The third-order valence-corrected chi connectivity index (χ3v) is 4.90. The molecule has 5 heteroatoms. The van der Waals surface area contributed by atoms with E-state index < -0.39 is 0 Å². The van der Waals surface area contributed by atoms with E-state index in [1.807, 2.05) is 66.4 Å². The molecule has 0 aliphatic carbocycles. The number of nitrogens with one attached hydrogen (secondary N) is 1. The van der Waals surface area contributed by atoms with E-state index in [9.17, 15) is 9.59 Å². The summed E-state index contributed by atoms with van der Waals surface area (Å²) in [5.41, 5.74) is 2.44. The fourth-order valence-corrected chi connectivity index (χ4v) is 3.39. The van der Waals surface area contributed by atoms with Crippen LogP contribution >= 0.6 is 0 Å². The Balaban J connectivity index is 1.56. The van der Waals surface area contributed by atoms with Crippen LogP contribution < -0.4 is 10.2 Å². The molecule has 1 N–H and O–H groups in total. The standard InChI is InChI=1S/C22H27N3O2/c1-2-25(20-9-5-3-6-10-20)21(26)17-23-19-13-11-18(12-14-19)22(27)24-15-7-4-8-16-24/h3,5-6,9-14,23H,2,4,7-8,15-17H2,1H3. The van der Waals surface area contributed by atoms with Crippen molar-refractivity contribution in [3.05, 3.63) is 60.2 Å². The molecule has 1 aliphatic rings. The summed E-state index contributed by atoms with van der Waals surface area (Å²) in [4.78, 5) is 28.7. The molecule has 5 nitrogen and oxygen atoms in total. The maximum absolute atomic E-state index is 12.5. The molecule has 1 fully saturated rings. The van der Waals surface area contributed by atoms with Gasteiger partial charge < -0.3 is 15.1 Å². The van der Waals surface area contributed by atoms with Gasteiger partial charge in [-0.1, -0.05) is 18.2 Å². The lowest BCUT2D eigenvalue weighted by atomic mass is 10.1. The molecule has 3 rings (SSSR count). The van der Waals surface area contributed by atoms with Crippen LogP contribution in [0.1, 0.15) is 36.5 Å². The minimum Gasteiger partial charge on any atom is -0.376 e. The average Bonchev–Trinajstić information content (AvgIpc) is 2.74. The van der Waals surface area contributed by atoms with Crippen molar-refractivity contribution in [3.8, 4) is 0 Å². The Bertz CT molecular complexity index is 753. The number of likely N-dealkylation sites (tertiary alicyclic amines) is 1. The van der Waals surface area contributed by atoms with Crippen LogP contribution in [-0.2, 0) is 4.79 Å². The smallest absolute Gasteiger partial charge is 0.253 e. The molecule has 1 heterocycles. The van der Waals surface area contributed by atoms with E-state index in [-0.39, 0.29) is 18.4 Å². The van der Waals surface area contributed by atoms with E-state index in [2.05, 4.69) is 5.32 Å². The monoisotopic (exact) mass is 365 g/mol. The van der Waals surface area contributed by atoms with Gasteiger partial charge >= 0.3 is 0 Å². The number of hydrogen-bond acceptors (Lipinski definition) is 3. The lowest BCUT2D eigenvalue weighted by Gasteiger charge is -2.26. The van der Waals surface area contributed by atoms with Gasteiger partial charge in [0.1, 0.15) is 0 Å². The number of anilines is 2. The van der Waals surface area contributed by atoms with Crippen LogP contribution in [0, 0.1) is 0 Å². The second kappa shape index (κ2) is 9.21. The summed E-state index contributed by atoms with van der Waals surface area (Å²) < 4.78 is 0. The van der Waals surface area contributed by atoms with Crippen LogP contribution in [0.2, 0.25) is 0 Å². The van der Waals surface area contributed by atoms with Gasteiger partial charge in [-0.2, -0.15) is 0 Å². The minimum atomic E-state index is 0.0113. The molecular formula is C22H27N3O2. The third-order valence-electron chi connectivity index (χ3n) is 4.90. The van der Waals surface area contributed by atoms with Gasteiger partial charge in [-0.25, -0.2) is 0 Å². The van der Waals surface area contributed by atoms with Gasteiger partial charge in [-0.15, -0.1) is 0 Å². The average molecular weight is 365 g/mol. The molecule has 2 amide bonds. The van der Waals surface area contributed by atoms with E-state index >= 15 is 0 Å². The van der Waals surface area contributed by atoms with Gasteiger partial charge in [0.05, 0.1) is 6.54 Å². The Morgan fingerprint density at radius 3 is 2.26 bits per heavy atom. The number of carbonyl (C=O) groups excluding carboxylic acids is 2. The van der Waals surface area contributed by atoms with E-state index in [0.29, 0.717) is 12.1 Å². The summed E-state index contributed by atoms with van der Waals surface area (Å²) in [6.07, 6.45) is 3.38. The molecule has 0 spiro atoms. The van der Waals surface area contributed by atoms with Crippen LogP contribution in [0.25, 0.3) is 0 Å². The van der Waals surface area contributed by atoms with Gasteiger partial charge in [-0.3, -0.25) is 9.59 Å². The first-order valence-electron chi connectivity index (χ1n) is 9.67. The molecule has 0 saturated carbocycles. The summed E-state index contributed by atoms with van der Waals surface area (Å²) in [5.74, 6) is 0.107. The van der Waals surface area contributed by atoms with Crippen LogP contribution in [0.5, 0.6) is 0 Å². The highest BCUT2D eigenvalue weighted by Crippen LogP contribution is 2.16. The molecule has 2 aromatic rings. The summed E-state index contributed by atoms with van der Waals surface area (Å²) in [6, 6.07) is 17.1. The van der Waals surface area contributed by atoms with Crippen molar-refractivity contribution in [3.63, 3.8) is 0 Å². The van der Waals surface area contributed by atoms with Crippen molar-refractivity contribution in [1.29, 1.82) is 0 Å². The quantitative estimate of drug-likeness (QED) is 0.848. The molecular weight excluding hydrogens is 338 g/mol. The van der Waals surface area contributed by atoms with Crippen LogP contribution in [0.15, 0.2) is 54.6 Å². The number of para-hydroxylation sites is 1. The molecule has 0 unspecified atom stereocenters. The zero-order valence-corrected chi connectivity index (χ0v) is 15.9. The molecule has 1 saturated heterocycles. The Morgan fingerprint density at radius 1 is 0.963 bits per heavy atom. The molecule has 0 radical (unpaired) electrons. The maximum atomic E-state index is 12.5. The fraction of sp³-hybridized carbons (Fsp3) is 0.364. The number of likely N-dealkylation sites (N-methyl/N-ethyl adjacent to an activating group) is 1. The zero-order valence-electron chi connectivity index (χ0n) is 15.9. The van der Waals surface area contributed by atoms with E-state index in [1.165, 1.54) is 6.42 Å². The third kappa shape index (κ3) is 4.88. The van der Waals surface area contributed by atoms with Gasteiger partial charge in [0.2, 0.25) is 5.91 Å². The van der Waals surface area contributed by atoms with Crippen molar-refractivity contribution >= 4 is 23.2 Å². The molecule has 1 aliphatic heterocycles. The van der Waals surface area contributed by atoms with Gasteiger partial charge in [0.15, 0.2) is 0 Å². The SMILES string of the molecule is CCN(C(=O)CNc1ccc(C(=O)N2CCCCC2)cc1)c1ccccc1. The Kier molecular flexibility index (Phi) is 6.47. The minimum absolute atomic E-state index is 0.0113. The van der Waals surface area contributed by atoms with E-state index in [4.69, 9.17) is 0 Å². The molecule has 0 bridgehead atoms. The van der Waals surface area contributed by atoms with Gasteiger partial charge in [0.25, 0.3) is 5.91 Å². The lowest BCUT2D eigenvalue weighted by Crippen LogP contribution is -2.35. The summed E-state index contributed by atoms with van der Waals surface area (Å²) in [6.45, 7) is 4.49. The van der Waals surface area contributed by atoms with Gasteiger partial charge in [0, 0.05) is 36.6 Å². The molecule has 0 aromatic heterocycles. The lowest BCUT2D eigenvalue weighted by molar-refractivity contribution is -0.116. The molecule has 27 heavy (non-hydrogen) atoms. The highest BCUT2D eigenvalue weighted by Gasteiger charge is 2.18. The highest BCUT2D eigenvalue weighted by atomic mass is 16.2. The highest BCUT2D eigenvalue weighted by molar-refractivity contribution is 5.96. The van der Waals surface area contributed by atoms with Crippen LogP contribution in [0.4, 0.5) is 11.4 Å². The number of carbonyl (C=O) groups is 2. The Morgan fingerprint density at radius 2 is 1.63 bits per heavy atom. The first-order valence-corrected chi connectivity index (χ1v) is 9.67. The van der Waals surface area contributed by atoms with E-state index in [1.54, 1.807) is 4.90 Å². The number of piperidine rings is 1. The number of rotatable bonds is 6. The fourth-order valence-electron chi connectivity index (χ4n) is 3.39. The molecule has 142 valence electrons. The van der Waals surface area contributed by atoms with Crippen molar-refractivity contribution in [2.45, 2.75) is 26.2 Å². The first kappa shape index (κ1) is 19.0. The first-order chi connectivity index (χ1) is 13.2. The predicted octanol–water partition coefficient (Wildman–Crippen LogP) is 3.78. The number of amides is 2. The van der Waals surface area contributed by atoms with Gasteiger partial charge in [-0.05, 0) is 62.6 Å². The van der Waals surface area contributed by atoms with Crippen molar-refractivity contribution in [2.75, 3.05) is 36.4 Å². The molecule has 0 atom stereocenters. The number of hydrogen-bond donors (Lipinski definition) is 1. The number of nitrogens with zero attached hydrogens (tertiary/aromatic N) is 2. The Labute approximate surface area is 161 Å². The topological polar surface area (TPSA) is 52.7 Å². The summed E-state index contributed by atoms with van der Waals surface area (Å²) in [5, 5.41) is 3.16. The second-order valence-electron chi connectivity index (χ2n) is 6.76. The van der Waals surface area contributed by atoms with Crippen LogP contribution in [0.3, 0.4) is 0 Å². The number of benzene rings is 2. The summed E-state index contributed by atoms with van der Waals surface area (Å²) in [7, 11) is 0. The second-order valence-corrected chi connectivity index (χ2v) is 6.76. The maximum Gasteiger partial charge on any atom is 0.253 e. The van der Waals surface area contributed by atoms with Crippen molar-refractivity contribution in [1.82, 2.24) is 4.90 Å². The summed E-state index contributed by atoms with van der Waals surface area (Å²) >= 11 is 0. The largest absolute Gasteiger partial charge is 0.376 e. The normalized spacial score (nSPS) is 13.9. The zero-order chi connectivity index (χ0) is 19.1. The van der Waals surface area contributed by atoms with Crippen molar-refractivity contribution < 1.29 is 9.59 Å². The Hall–Kier alpha value is -2.82. The van der Waals surface area contributed by atoms with Crippen LogP contribution in [-0.4, -0.2) is 42.9 Å². The van der Waals surface area contributed by atoms with E-state index in [0.717, 1.165) is 37.3 Å².